The fourth-order valence-electron chi connectivity index (χ4n) is 9.04. The summed E-state index contributed by atoms with van der Waals surface area (Å²) >= 11 is 0. The number of benzene rings is 2. The number of piperidine rings is 3. The van der Waals surface area contributed by atoms with Crippen molar-refractivity contribution in [3.05, 3.63) is 60.3 Å². The number of halogens is 3. The molecule has 8 rings (SSSR count). The molecule has 4 aliphatic heterocycles. The zero-order valence-corrected chi connectivity index (χ0v) is 32.8. The maximum absolute atomic E-state index is 15.7. The molecule has 5 fully saturated rings. The number of carbonyl (C=O) groups is 4. The number of aromatic nitrogens is 2. The largest absolute Gasteiger partial charge is 0.374 e. The number of morpholine rings is 1. The van der Waals surface area contributed by atoms with E-state index in [1.165, 1.54) is 6.07 Å². The minimum Gasteiger partial charge on any atom is -0.374 e. The number of amides is 4. The van der Waals surface area contributed by atoms with E-state index < -0.39 is 29.8 Å². The molecule has 1 aromatic heterocycles. The number of anilines is 4. The van der Waals surface area contributed by atoms with Crippen LogP contribution in [0, 0.1) is 17.6 Å². The minimum absolute atomic E-state index is 0.0104. The van der Waals surface area contributed by atoms with Crippen molar-refractivity contribution in [1.29, 1.82) is 0 Å². The molecule has 14 nitrogen and oxygen atoms in total. The average molecular weight is 818 g/mol. The van der Waals surface area contributed by atoms with E-state index in [2.05, 4.69) is 36.1 Å². The van der Waals surface area contributed by atoms with Gasteiger partial charge in [0.1, 0.15) is 30.3 Å². The second kappa shape index (κ2) is 17.9. The monoisotopic (exact) mass is 817 g/mol. The summed E-state index contributed by atoms with van der Waals surface area (Å²) in [4.78, 5) is 63.4. The Morgan fingerprint density at radius 2 is 1.66 bits per heavy atom. The summed E-state index contributed by atoms with van der Waals surface area (Å²) in [6.45, 7) is 2.64. The predicted octanol–water partition coefficient (Wildman–Crippen LogP) is 4.17. The smallest absolute Gasteiger partial charge is 0.253 e. The molecule has 17 heteroatoms. The lowest BCUT2D eigenvalue weighted by Gasteiger charge is -2.44. The fourth-order valence-corrected chi connectivity index (χ4v) is 9.04. The van der Waals surface area contributed by atoms with Gasteiger partial charge in [-0.15, -0.1) is 0 Å². The van der Waals surface area contributed by atoms with E-state index in [0.717, 1.165) is 31.9 Å². The van der Waals surface area contributed by atoms with Gasteiger partial charge in [-0.05, 0) is 94.8 Å². The summed E-state index contributed by atoms with van der Waals surface area (Å²) in [5.74, 6) is -1.78. The van der Waals surface area contributed by atoms with Gasteiger partial charge in [0.25, 0.3) is 5.91 Å². The lowest BCUT2D eigenvalue weighted by Crippen LogP contribution is -2.55. The third kappa shape index (κ3) is 9.46. The highest BCUT2D eigenvalue weighted by Crippen LogP contribution is 2.32. The van der Waals surface area contributed by atoms with E-state index in [-0.39, 0.29) is 67.0 Å². The number of hydrogen-bond acceptors (Lipinski definition) is 11. The first-order valence-corrected chi connectivity index (χ1v) is 20.7. The zero-order valence-electron chi connectivity index (χ0n) is 32.8. The average Bonchev–Trinajstić information content (AvgIpc) is 3.23. The number of hydrogen-bond donors (Lipinski definition) is 4. The van der Waals surface area contributed by atoms with Crippen molar-refractivity contribution in [2.45, 2.75) is 88.1 Å². The third-order valence-electron chi connectivity index (χ3n) is 12.3. The van der Waals surface area contributed by atoms with Gasteiger partial charge in [-0.25, -0.2) is 23.1 Å². The molecule has 5 heterocycles. The van der Waals surface area contributed by atoms with Gasteiger partial charge in [0.15, 0.2) is 5.82 Å². The summed E-state index contributed by atoms with van der Waals surface area (Å²) in [5, 5.41) is 11.9. The van der Waals surface area contributed by atoms with Gasteiger partial charge in [0, 0.05) is 60.5 Å². The molecule has 314 valence electrons. The number of rotatable bonds is 10. The maximum atomic E-state index is 15.7. The molecular weight excluding hydrogens is 768 g/mol. The Kier molecular flexibility index (Phi) is 12.3. The van der Waals surface area contributed by atoms with E-state index in [4.69, 9.17) is 4.74 Å². The van der Waals surface area contributed by atoms with Crippen LogP contribution < -0.4 is 31.1 Å². The van der Waals surface area contributed by atoms with Gasteiger partial charge in [0.2, 0.25) is 23.7 Å². The molecule has 1 aliphatic carbocycles. The van der Waals surface area contributed by atoms with Crippen LogP contribution in [0.5, 0.6) is 0 Å². The van der Waals surface area contributed by atoms with Crippen molar-refractivity contribution in [3.63, 3.8) is 0 Å². The van der Waals surface area contributed by atoms with E-state index in [1.807, 2.05) is 0 Å². The van der Waals surface area contributed by atoms with Crippen LogP contribution in [0.3, 0.4) is 0 Å². The molecule has 1 saturated carbocycles. The van der Waals surface area contributed by atoms with Crippen LogP contribution in [0.1, 0.15) is 57.8 Å². The Morgan fingerprint density at radius 3 is 2.41 bits per heavy atom. The molecular formula is C42H50F3N9O5. The Labute approximate surface area is 340 Å². The number of likely N-dealkylation sites (tertiary alicyclic amines) is 1. The molecule has 4 N–H and O–H groups in total. The number of ether oxygens (including phenoxy) is 1. The van der Waals surface area contributed by atoms with Crippen molar-refractivity contribution in [3.8, 4) is 11.3 Å². The number of imide groups is 1. The van der Waals surface area contributed by atoms with Gasteiger partial charge in [-0.3, -0.25) is 29.4 Å². The van der Waals surface area contributed by atoms with E-state index >= 15 is 8.78 Å². The highest BCUT2D eigenvalue weighted by Gasteiger charge is 2.38. The number of nitrogens with one attached hydrogen (secondary N) is 4. The van der Waals surface area contributed by atoms with Crippen LogP contribution in [-0.4, -0.2) is 115 Å². The van der Waals surface area contributed by atoms with E-state index in [1.54, 1.807) is 46.2 Å². The summed E-state index contributed by atoms with van der Waals surface area (Å²) in [5.41, 5.74) is 2.06. The van der Waals surface area contributed by atoms with Crippen molar-refractivity contribution in [2.75, 3.05) is 66.4 Å². The summed E-state index contributed by atoms with van der Waals surface area (Å²) in [7, 11) is 0. The Hall–Kier alpha value is -5.29. The molecule has 0 radical (unpaired) electrons. The van der Waals surface area contributed by atoms with E-state index in [9.17, 15) is 23.6 Å². The number of alkyl halides is 1. The van der Waals surface area contributed by atoms with E-state index in [0.29, 0.717) is 87.0 Å². The number of carbonyl (C=O) groups excluding carboxylic acids is 4. The zero-order chi connectivity index (χ0) is 41.0. The third-order valence-corrected chi connectivity index (χ3v) is 12.3. The van der Waals surface area contributed by atoms with Crippen molar-refractivity contribution >= 4 is 46.6 Å². The van der Waals surface area contributed by atoms with Crippen LogP contribution in [0.25, 0.3) is 11.3 Å². The molecule has 4 amide bonds. The summed E-state index contributed by atoms with van der Waals surface area (Å²) in [6.07, 6.45) is 5.40. The van der Waals surface area contributed by atoms with Crippen LogP contribution in [-0.2, 0) is 23.9 Å². The van der Waals surface area contributed by atoms with Gasteiger partial charge in [0.05, 0.1) is 25.0 Å². The van der Waals surface area contributed by atoms with Gasteiger partial charge in [-0.2, -0.15) is 0 Å². The van der Waals surface area contributed by atoms with Crippen molar-refractivity contribution in [2.24, 2.45) is 5.92 Å². The minimum atomic E-state index is -1.19. The molecule has 0 bridgehead atoms. The quantitative estimate of drug-likeness (QED) is 0.218. The molecule has 4 saturated heterocycles. The first-order valence-electron chi connectivity index (χ1n) is 20.7. The normalized spacial score (nSPS) is 26.0. The van der Waals surface area contributed by atoms with Crippen LogP contribution in [0.4, 0.5) is 36.2 Å². The standard InChI is InChI=1S/C42H50F3N9O5/c43-31-21-29(47-34-9-11-37(55)50-41(34)58)8-10-35(31)53-17-14-36(33(45)23-53)52-15-12-25(13-16-52)40(57)48-27-4-6-28(7-5-27)49-42-46-22-32(44)39(51-42)26-2-1-3-30(20-26)54-18-19-59-24-38(54)56/h1-3,8,10,20-22,25,27-28,33-34,36,47H,4-7,9,11-19,23-24H2,(H,48,57)(H,46,49,51)(H,50,55,58). The van der Waals surface area contributed by atoms with Gasteiger partial charge < -0.3 is 30.5 Å². The molecule has 3 unspecified atom stereocenters. The van der Waals surface area contributed by atoms with Crippen LogP contribution in [0.15, 0.2) is 48.7 Å². The highest BCUT2D eigenvalue weighted by atomic mass is 19.1. The van der Waals surface area contributed by atoms with Crippen molar-refractivity contribution < 1.29 is 37.1 Å². The Bertz CT molecular complexity index is 2040. The molecule has 2 aromatic carbocycles. The summed E-state index contributed by atoms with van der Waals surface area (Å²) in [6, 6.07) is 10.8. The Morgan fingerprint density at radius 1 is 0.864 bits per heavy atom. The van der Waals surface area contributed by atoms with Gasteiger partial charge >= 0.3 is 0 Å². The first kappa shape index (κ1) is 40.5. The van der Waals surface area contributed by atoms with Gasteiger partial charge in [-0.1, -0.05) is 12.1 Å². The number of nitrogens with zero attached hydrogens (tertiary/aromatic N) is 5. The molecule has 3 aromatic rings. The molecule has 3 atom stereocenters. The fraction of sp³-hybridized carbons (Fsp3) is 0.524. The topological polar surface area (TPSA) is 161 Å². The molecule has 5 aliphatic rings. The predicted molar refractivity (Wildman–Crippen MR) is 214 cm³/mol. The highest BCUT2D eigenvalue weighted by molar-refractivity contribution is 6.01. The van der Waals surface area contributed by atoms with Crippen molar-refractivity contribution in [1.82, 2.24) is 25.5 Å². The maximum Gasteiger partial charge on any atom is 0.253 e. The SMILES string of the molecule is O=C1CCC(Nc2ccc(N3CCC(N4CCC(C(=O)NC5CCC(Nc6ncc(F)c(-c7cccc(N8CCOCC8=O)c7)n6)CC5)CC4)C(F)C3)c(F)c2)C(=O)N1. The molecule has 59 heavy (non-hydrogen) atoms. The van der Waals surface area contributed by atoms with Crippen LogP contribution >= 0.6 is 0 Å². The second-order valence-corrected chi connectivity index (χ2v) is 16.2. The summed E-state index contributed by atoms with van der Waals surface area (Å²) < 4.78 is 51.1. The lowest BCUT2D eigenvalue weighted by molar-refractivity contribution is -0.133. The van der Waals surface area contributed by atoms with Crippen LogP contribution in [0.2, 0.25) is 0 Å². The first-order chi connectivity index (χ1) is 28.6. The Balaban J connectivity index is 0.766. The lowest BCUT2D eigenvalue weighted by atomic mass is 9.89. The second-order valence-electron chi connectivity index (χ2n) is 16.2. The molecule has 0 spiro atoms.